The lowest BCUT2D eigenvalue weighted by molar-refractivity contribution is -0.135. The molecule has 4 aromatic rings. The van der Waals surface area contributed by atoms with Crippen molar-refractivity contribution in [3.8, 4) is 0 Å². The molecule has 46 heavy (non-hydrogen) atoms. The summed E-state index contributed by atoms with van der Waals surface area (Å²) in [6, 6.07) is 19.0. The Balaban J connectivity index is 1.47. The molecule has 0 radical (unpaired) electrons. The first-order valence-electron chi connectivity index (χ1n) is 15.5. The normalized spacial score (nSPS) is 20.4. The third-order valence-corrected chi connectivity index (χ3v) is 10.8. The lowest BCUT2D eigenvalue weighted by atomic mass is 9.90. The first kappa shape index (κ1) is 32.4. The van der Waals surface area contributed by atoms with Gasteiger partial charge in [0.1, 0.15) is 10.6 Å². The minimum absolute atomic E-state index is 0.00154. The predicted molar refractivity (Wildman–Crippen MR) is 180 cm³/mol. The van der Waals surface area contributed by atoms with Crippen molar-refractivity contribution in [1.82, 2.24) is 19.7 Å². The van der Waals surface area contributed by atoms with Gasteiger partial charge in [-0.15, -0.1) is 11.8 Å². The third kappa shape index (κ3) is 6.37. The van der Waals surface area contributed by atoms with Crippen LogP contribution in [0.15, 0.2) is 77.8 Å². The predicted octanol–water partition coefficient (Wildman–Crippen LogP) is 7.48. The van der Waals surface area contributed by atoms with E-state index in [1.54, 1.807) is 17.0 Å². The molecule has 2 aliphatic rings. The van der Waals surface area contributed by atoms with Crippen molar-refractivity contribution in [1.29, 1.82) is 0 Å². The van der Waals surface area contributed by atoms with E-state index in [1.165, 1.54) is 23.9 Å². The topological polar surface area (TPSA) is 76.7 Å². The molecule has 0 aliphatic carbocycles. The van der Waals surface area contributed by atoms with Gasteiger partial charge in [-0.05, 0) is 54.8 Å². The van der Waals surface area contributed by atoms with Crippen molar-refractivity contribution in [2.24, 2.45) is 0 Å². The minimum atomic E-state index is -1.26. The first-order valence-corrected chi connectivity index (χ1v) is 17.1. The van der Waals surface area contributed by atoms with Gasteiger partial charge in [0, 0.05) is 71.7 Å². The number of nitrogens with zero attached hydrogens (tertiary/aromatic N) is 3. The lowest BCUT2D eigenvalue weighted by Crippen LogP contribution is -2.51. The molecule has 240 valence electrons. The number of thioether (sulfide) groups is 1. The van der Waals surface area contributed by atoms with Crippen molar-refractivity contribution in [2.75, 3.05) is 26.2 Å². The number of benzene rings is 3. The van der Waals surface area contributed by atoms with Gasteiger partial charge in [0.2, 0.25) is 17.7 Å². The van der Waals surface area contributed by atoms with E-state index in [0.29, 0.717) is 49.6 Å². The van der Waals surface area contributed by atoms with Crippen LogP contribution in [-0.2, 0) is 20.9 Å². The quantitative estimate of drug-likeness (QED) is 0.209. The standard InChI is InChI=1S/C35H35Cl2FN4O3S/c1-2-7-31(43)40-14-6-15-41(17-16-40)34(45)35(46-25-8-4-3-5-9-25)20-32(44)42(22-23-10-13-28(37)29(38)18-23)33(35)27-21-39-30-19-24(36)11-12-26(27)30/h3-5,8-13,18-19,21,33,39H,2,6-7,14-17,20,22H2,1H3. The Labute approximate surface area is 282 Å². The number of amides is 3. The van der Waals surface area contributed by atoms with E-state index in [9.17, 15) is 14.0 Å². The molecule has 2 aliphatic heterocycles. The van der Waals surface area contributed by atoms with E-state index in [2.05, 4.69) is 4.98 Å². The summed E-state index contributed by atoms with van der Waals surface area (Å²) in [5.41, 5.74) is 2.12. The number of H-pyrrole nitrogens is 1. The van der Waals surface area contributed by atoms with Crippen LogP contribution in [0.4, 0.5) is 4.39 Å². The maximum absolute atomic E-state index is 15.1. The van der Waals surface area contributed by atoms with Crippen molar-refractivity contribution in [2.45, 2.75) is 54.8 Å². The number of aromatic amines is 1. The zero-order chi connectivity index (χ0) is 32.4. The summed E-state index contributed by atoms with van der Waals surface area (Å²) in [6.07, 6.45) is 3.68. The summed E-state index contributed by atoms with van der Waals surface area (Å²) in [6.45, 7) is 3.93. The number of hydrogen-bond donors (Lipinski definition) is 1. The van der Waals surface area contributed by atoms with Gasteiger partial charge >= 0.3 is 0 Å². The second-order valence-electron chi connectivity index (χ2n) is 11.9. The number of hydrogen-bond acceptors (Lipinski definition) is 4. The number of nitrogens with one attached hydrogen (secondary N) is 1. The van der Waals surface area contributed by atoms with Crippen LogP contribution < -0.4 is 0 Å². The molecular weight excluding hydrogens is 646 g/mol. The third-order valence-electron chi connectivity index (χ3n) is 8.80. The fourth-order valence-electron chi connectivity index (χ4n) is 6.64. The fourth-order valence-corrected chi connectivity index (χ4v) is 8.42. The molecule has 11 heteroatoms. The number of carbonyl (C=O) groups is 3. The Morgan fingerprint density at radius 2 is 1.76 bits per heavy atom. The van der Waals surface area contributed by atoms with Gasteiger partial charge in [0.15, 0.2) is 0 Å². The van der Waals surface area contributed by atoms with Crippen molar-refractivity contribution in [3.63, 3.8) is 0 Å². The van der Waals surface area contributed by atoms with E-state index in [4.69, 9.17) is 23.2 Å². The molecule has 6 rings (SSSR count). The summed E-state index contributed by atoms with van der Waals surface area (Å²) < 4.78 is 13.3. The Bertz CT molecular complexity index is 1770. The van der Waals surface area contributed by atoms with Crippen LogP contribution in [0.25, 0.3) is 10.9 Å². The van der Waals surface area contributed by atoms with Crippen molar-refractivity contribution >= 4 is 63.6 Å². The van der Waals surface area contributed by atoms with E-state index in [-0.39, 0.29) is 35.7 Å². The van der Waals surface area contributed by atoms with Gasteiger partial charge < -0.3 is 19.7 Å². The van der Waals surface area contributed by atoms with Crippen LogP contribution >= 0.6 is 35.0 Å². The second kappa shape index (κ2) is 13.7. The van der Waals surface area contributed by atoms with Crippen LogP contribution in [0.5, 0.6) is 0 Å². The average molecular weight is 682 g/mol. The highest BCUT2D eigenvalue weighted by Gasteiger charge is 2.59. The summed E-state index contributed by atoms with van der Waals surface area (Å²) >= 11 is 13.7. The molecule has 2 unspecified atom stereocenters. The van der Waals surface area contributed by atoms with E-state index in [0.717, 1.165) is 27.8 Å². The van der Waals surface area contributed by atoms with Gasteiger partial charge in [0.25, 0.3) is 0 Å². The first-order chi connectivity index (χ1) is 22.2. The highest BCUT2D eigenvalue weighted by atomic mass is 35.5. The van der Waals surface area contributed by atoms with Crippen LogP contribution in [-0.4, -0.2) is 68.3 Å². The monoisotopic (exact) mass is 680 g/mol. The number of carbonyl (C=O) groups excluding carboxylic acids is 3. The average Bonchev–Trinajstić information content (AvgIpc) is 3.44. The van der Waals surface area contributed by atoms with Gasteiger partial charge in [0.05, 0.1) is 17.5 Å². The smallest absolute Gasteiger partial charge is 0.242 e. The number of aromatic nitrogens is 1. The molecule has 2 saturated heterocycles. The van der Waals surface area contributed by atoms with Gasteiger partial charge in [-0.1, -0.05) is 60.5 Å². The Kier molecular flexibility index (Phi) is 9.64. The maximum Gasteiger partial charge on any atom is 0.242 e. The van der Waals surface area contributed by atoms with Crippen molar-refractivity contribution in [3.05, 3.63) is 99.9 Å². The van der Waals surface area contributed by atoms with Crippen molar-refractivity contribution < 1.29 is 18.8 Å². The number of likely N-dealkylation sites (tertiary alicyclic amines) is 1. The van der Waals surface area contributed by atoms with Crippen LogP contribution in [0, 0.1) is 5.82 Å². The highest BCUT2D eigenvalue weighted by molar-refractivity contribution is 8.01. The Hall–Kier alpha value is -3.53. The van der Waals surface area contributed by atoms with Crippen LogP contribution in [0.3, 0.4) is 0 Å². The molecule has 2 fully saturated rings. The summed E-state index contributed by atoms with van der Waals surface area (Å²) in [5, 5.41) is 1.40. The minimum Gasteiger partial charge on any atom is -0.361 e. The second-order valence-corrected chi connectivity index (χ2v) is 14.1. The molecular formula is C35H35Cl2FN4O3S. The Morgan fingerprint density at radius 3 is 2.52 bits per heavy atom. The number of halogens is 3. The molecule has 3 heterocycles. The molecule has 1 aromatic heterocycles. The molecule has 3 amide bonds. The van der Waals surface area contributed by atoms with Gasteiger partial charge in [-0.2, -0.15) is 0 Å². The molecule has 3 aromatic carbocycles. The molecule has 2 atom stereocenters. The summed E-state index contributed by atoms with van der Waals surface area (Å²) in [5.74, 6) is -0.845. The highest BCUT2D eigenvalue weighted by Crippen LogP contribution is 2.55. The van der Waals surface area contributed by atoms with E-state index >= 15 is 4.79 Å². The van der Waals surface area contributed by atoms with E-state index < -0.39 is 16.6 Å². The van der Waals surface area contributed by atoms with E-state index in [1.807, 2.05) is 65.4 Å². The van der Waals surface area contributed by atoms with Crippen LogP contribution in [0.2, 0.25) is 10.0 Å². The molecule has 0 bridgehead atoms. The summed E-state index contributed by atoms with van der Waals surface area (Å²) in [4.78, 5) is 51.7. The fraction of sp³-hybridized carbons (Fsp3) is 0.343. The SMILES string of the molecule is CCCC(=O)N1CCCN(C(=O)C2(Sc3ccccc3)CC(=O)N(Cc3ccc(Cl)c(F)c3)C2c2c[nH]c3cc(Cl)ccc23)CC1. The summed E-state index contributed by atoms with van der Waals surface area (Å²) in [7, 11) is 0. The molecule has 7 nitrogen and oxygen atoms in total. The zero-order valence-electron chi connectivity index (χ0n) is 25.5. The largest absolute Gasteiger partial charge is 0.361 e. The van der Waals surface area contributed by atoms with Gasteiger partial charge in [-0.25, -0.2) is 4.39 Å². The zero-order valence-corrected chi connectivity index (χ0v) is 27.8. The van der Waals surface area contributed by atoms with Gasteiger partial charge in [-0.3, -0.25) is 14.4 Å². The Morgan fingerprint density at radius 1 is 1.00 bits per heavy atom. The molecule has 0 spiro atoms. The molecule has 1 N–H and O–H groups in total. The molecule has 0 saturated carbocycles. The number of rotatable bonds is 8. The maximum atomic E-state index is 15.1. The lowest BCUT2D eigenvalue weighted by Gasteiger charge is -2.39. The number of fused-ring (bicyclic) bond motifs is 1. The van der Waals surface area contributed by atoms with Crippen LogP contribution in [0.1, 0.15) is 49.8 Å².